The van der Waals surface area contributed by atoms with Gasteiger partial charge in [-0.1, -0.05) is 53.9 Å². The van der Waals surface area contributed by atoms with E-state index < -0.39 is 0 Å². The molecule has 0 bridgehead atoms. The molecule has 0 aromatic heterocycles. The third-order valence-corrected chi connectivity index (χ3v) is 7.29. The second kappa shape index (κ2) is 6.33. The van der Waals surface area contributed by atoms with Crippen molar-refractivity contribution >= 4 is 0 Å². The molecule has 0 amide bonds. The molecule has 2 saturated carbocycles. The van der Waals surface area contributed by atoms with Crippen LogP contribution >= 0.6 is 0 Å². The van der Waals surface area contributed by atoms with Gasteiger partial charge in [0.1, 0.15) is 0 Å². The van der Waals surface area contributed by atoms with E-state index in [2.05, 4.69) is 34.6 Å². The fourth-order valence-corrected chi connectivity index (χ4v) is 5.70. The molecular formula is C21H38O2. The smallest absolute Gasteiger partial charge is 0.0642 e. The van der Waals surface area contributed by atoms with E-state index in [0.717, 1.165) is 13.0 Å². The lowest BCUT2D eigenvalue weighted by Crippen LogP contribution is -2.48. The molecule has 2 aliphatic carbocycles. The first kappa shape index (κ1) is 17.7. The zero-order valence-electron chi connectivity index (χ0n) is 16.0. The van der Waals surface area contributed by atoms with Crippen LogP contribution in [0.2, 0.25) is 0 Å². The van der Waals surface area contributed by atoms with E-state index in [0.29, 0.717) is 29.8 Å². The molecule has 1 unspecified atom stereocenters. The lowest BCUT2D eigenvalue weighted by atomic mass is 9.58. The lowest BCUT2D eigenvalue weighted by Gasteiger charge is -2.48. The van der Waals surface area contributed by atoms with Gasteiger partial charge in [-0.2, -0.15) is 0 Å². The fourth-order valence-electron chi connectivity index (χ4n) is 5.70. The van der Waals surface area contributed by atoms with Gasteiger partial charge in [0.15, 0.2) is 0 Å². The van der Waals surface area contributed by atoms with E-state index >= 15 is 0 Å². The molecule has 1 heterocycles. The van der Waals surface area contributed by atoms with E-state index in [1.54, 1.807) is 0 Å². The summed E-state index contributed by atoms with van der Waals surface area (Å²) in [5, 5.41) is 11.1. The Balaban J connectivity index is 1.79. The van der Waals surface area contributed by atoms with Gasteiger partial charge in [-0.05, 0) is 60.2 Å². The third kappa shape index (κ3) is 3.49. The number of fused-ring (bicyclic) bond motifs is 1. The van der Waals surface area contributed by atoms with Crippen LogP contribution in [0.25, 0.3) is 0 Å². The summed E-state index contributed by atoms with van der Waals surface area (Å²) in [4.78, 5) is 0. The molecule has 1 aliphatic heterocycles. The summed E-state index contributed by atoms with van der Waals surface area (Å²) < 4.78 is 6.30. The molecule has 1 saturated heterocycles. The summed E-state index contributed by atoms with van der Waals surface area (Å²) in [6.07, 6.45) is 9.12. The average molecular weight is 323 g/mol. The summed E-state index contributed by atoms with van der Waals surface area (Å²) in [6.45, 7) is 12.7. The summed E-state index contributed by atoms with van der Waals surface area (Å²) in [7, 11) is 0. The minimum atomic E-state index is -0.0856. The van der Waals surface area contributed by atoms with Crippen LogP contribution in [-0.2, 0) is 4.74 Å². The minimum absolute atomic E-state index is 0.0856. The van der Waals surface area contributed by atoms with E-state index in [1.165, 1.54) is 38.5 Å². The molecule has 0 aromatic rings. The van der Waals surface area contributed by atoms with Crippen molar-refractivity contribution in [2.75, 3.05) is 6.61 Å². The predicted octanol–water partition coefficient (Wildman–Crippen LogP) is 5.04. The molecule has 0 radical (unpaired) electrons. The molecule has 3 fully saturated rings. The summed E-state index contributed by atoms with van der Waals surface area (Å²) >= 11 is 0. The average Bonchev–Trinajstić information content (AvgIpc) is 2.81. The van der Waals surface area contributed by atoms with E-state index in [1.807, 2.05) is 0 Å². The number of hydrogen-bond acceptors (Lipinski definition) is 2. The second-order valence-electron chi connectivity index (χ2n) is 10.5. The molecule has 0 aromatic carbocycles. The Kier molecular flexibility index (Phi) is 4.88. The highest BCUT2D eigenvalue weighted by Gasteiger charge is 2.54. The van der Waals surface area contributed by atoms with Gasteiger partial charge in [0.25, 0.3) is 0 Å². The standard InChI is InChI=1S/C21H38O2/c1-20(2,3)16-11-15(18(22)14-9-7-6-8-10-14)12-17-19(16)23-13-21(17,4)5/h14-19,22H,6-13H2,1-5H3/t15-,16+,17-,18-,19?/m0/s1. The zero-order chi connectivity index (χ0) is 16.8. The van der Waals surface area contributed by atoms with Crippen LogP contribution in [0, 0.1) is 34.5 Å². The highest BCUT2D eigenvalue weighted by molar-refractivity contribution is 5.02. The van der Waals surface area contributed by atoms with Gasteiger partial charge in [0.05, 0.1) is 18.8 Å². The Bertz CT molecular complexity index is 403. The van der Waals surface area contributed by atoms with Crippen LogP contribution in [0.5, 0.6) is 0 Å². The van der Waals surface area contributed by atoms with Crippen LogP contribution in [0.3, 0.4) is 0 Å². The molecule has 2 heteroatoms. The van der Waals surface area contributed by atoms with Crippen molar-refractivity contribution in [1.29, 1.82) is 0 Å². The molecule has 134 valence electrons. The monoisotopic (exact) mass is 322 g/mol. The van der Waals surface area contributed by atoms with Crippen LogP contribution < -0.4 is 0 Å². The van der Waals surface area contributed by atoms with Gasteiger partial charge in [-0.15, -0.1) is 0 Å². The van der Waals surface area contributed by atoms with Crippen LogP contribution in [0.4, 0.5) is 0 Å². The Morgan fingerprint density at radius 1 is 1.00 bits per heavy atom. The van der Waals surface area contributed by atoms with Gasteiger partial charge in [-0.25, -0.2) is 0 Å². The van der Waals surface area contributed by atoms with Gasteiger partial charge < -0.3 is 9.84 Å². The summed E-state index contributed by atoms with van der Waals surface area (Å²) in [5.41, 5.74) is 0.521. The number of aliphatic hydroxyl groups excluding tert-OH is 1. The molecule has 0 spiro atoms. The van der Waals surface area contributed by atoms with Gasteiger partial charge in [0.2, 0.25) is 0 Å². The van der Waals surface area contributed by atoms with E-state index in [4.69, 9.17) is 4.74 Å². The van der Waals surface area contributed by atoms with Crippen LogP contribution in [0.1, 0.15) is 79.6 Å². The van der Waals surface area contributed by atoms with Crippen molar-refractivity contribution in [2.24, 2.45) is 34.5 Å². The lowest BCUT2D eigenvalue weighted by molar-refractivity contribution is -0.0792. The first-order valence-corrected chi connectivity index (χ1v) is 10.00. The first-order valence-electron chi connectivity index (χ1n) is 10.00. The highest BCUT2D eigenvalue weighted by atomic mass is 16.5. The van der Waals surface area contributed by atoms with Crippen molar-refractivity contribution < 1.29 is 9.84 Å². The maximum Gasteiger partial charge on any atom is 0.0642 e. The Morgan fingerprint density at radius 2 is 1.65 bits per heavy atom. The number of ether oxygens (including phenoxy) is 1. The van der Waals surface area contributed by atoms with E-state index in [-0.39, 0.29) is 16.9 Å². The number of rotatable bonds is 2. The van der Waals surface area contributed by atoms with E-state index in [9.17, 15) is 5.11 Å². The second-order valence-corrected chi connectivity index (χ2v) is 10.5. The van der Waals surface area contributed by atoms with Crippen molar-refractivity contribution in [3.8, 4) is 0 Å². The predicted molar refractivity (Wildman–Crippen MR) is 95.3 cm³/mol. The van der Waals surface area contributed by atoms with Gasteiger partial charge in [0, 0.05) is 0 Å². The molecule has 2 nitrogen and oxygen atoms in total. The topological polar surface area (TPSA) is 29.5 Å². The molecule has 3 aliphatic rings. The summed E-state index contributed by atoms with van der Waals surface area (Å²) in [5.74, 6) is 2.22. The molecular weight excluding hydrogens is 284 g/mol. The van der Waals surface area contributed by atoms with Crippen molar-refractivity contribution in [1.82, 2.24) is 0 Å². The molecule has 23 heavy (non-hydrogen) atoms. The van der Waals surface area contributed by atoms with Crippen LogP contribution in [-0.4, -0.2) is 23.9 Å². The number of aliphatic hydroxyl groups is 1. The van der Waals surface area contributed by atoms with Crippen LogP contribution in [0.15, 0.2) is 0 Å². The largest absolute Gasteiger partial charge is 0.393 e. The quantitative estimate of drug-likeness (QED) is 0.771. The third-order valence-electron chi connectivity index (χ3n) is 7.29. The van der Waals surface area contributed by atoms with Gasteiger partial charge in [-0.3, -0.25) is 0 Å². The maximum absolute atomic E-state index is 11.1. The Morgan fingerprint density at radius 3 is 2.26 bits per heavy atom. The zero-order valence-corrected chi connectivity index (χ0v) is 16.0. The minimum Gasteiger partial charge on any atom is -0.393 e. The molecule has 1 N–H and O–H groups in total. The van der Waals surface area contributed by atoms with Crippen molar-refractivity contribution in [2.45, 2.75) is 91.8 Å². The van der Waals surface area contributed by atoms with Crippen molar-refractivity contribution in [3.63, 3.8) is 0 Å². The molecule has 3 rings (SSSR count). The first-order chi connectivity index (χ1) is 10.7. The Labute approximate surface area is 143 Å². The highest BCUT2D eigenvalue weighted by Crippen LogP contribution is 2.54. The summed E-state index contributed by atoms with van der Waals surface area (Å²) in [6, 6.07) is 0. The fraction of sp³-hybridized carbons (Fsp3) is 1.00. The van der Waals surface area contributed by atoms with Gasteiger partial charge >= 0.3 is 0 Å². The normalized spacial score (nSPS) is 39.9. The maximum atomic E-state index is 11.1. The SMILES string of the molecule is CC(C)(C)[C@@H]1C[C@H]([C@@H](O)C2CCCCC2)C[C@H]2C1OCC2(C)C. The Hall–Kier alpha value is -0.0800. The molecule has 5 atom stereocenters. The number of hydrogen-bond donors (Lipinski definition) is 1. The van der Waals surface area contributed by atoms with Crippen molar-refractivity contribution in [3.05, 3.63) is 0 Å².